The molecule has 0 aliphatic carbocycles. The van der Waals surface area contributed by atoms with Gasteiger partial charge in [-0.15, -0.1) is 0 Å². The minimum absolute atomic E-state index is 0.861. The summed E-state index contributed by atoms with van der Waals surface area (Å²) in [7, 11) is 0. The lowest BCUT2D eigenvalue weighted by Gasteiger charge is -2.11. The van der Waals surface area contributed by atoms with Gasteiger partial charge in [0.15, 0.2) is 0 Å². The van der Waals surface area contributed by atoms with E-state index in [9.17, 15) is 0 Å². The van der Waals surface area contributed by atoms with Gasteiger partial charge in [-0.2, -0.15) is 0 Å². The van der Waals surface area contributed by atoms with E-state index in [0.29, 0.717) is 0 Å². The van der Waals surface area contributed by atoms with Crippen molar-refractivity contribution < 1.29 is 4.42 Å². The third kappa shape index (κ3) is 4.61. The number of para-hydroxylation sites is 4. The smallest absolute Gasteiger partial charge is 0.143 e. The number of hydrogen-bond acceptors (Lipinski definition) is 3. The van der Waals surface area contributed by atoms with E-state index in [-0.39, 0.29) is 0 Å². The van der Waals surface area contributed by atoms with Crippen LogP contribution in [0.15, 0.2) is 199 Å². The van der Waals surface area contributed by atoms with Crippen molar-refractivity contribution in [3.05, 3.63) is 195 Å². The summed E-state index contributed by atoms with van der Waals surface area (Å²) in [6.07, 6.45) is 7.68. The fraction of sp³-hybridized carbons (Fsp3) is 0. The summed E-state index contributed by atoms with van der Waals surface area (Å²) >= 11 is 0. The highest BCUT2D eigenvalue weighted by atomic mass is 16.3. The largest absolute Gasteiger partial charge is 0.455 e. The standard InChI is InChI=1S/C54H32N4O/c1-3-11-35(12-4-1)57-49-17-9-7-15-37(49)43-27-33(19-21-51(43)57)41-29-45-46-30-42(48-32-56-26-24-40(48)54(46)59-53(45)39-23-25-55-31-47(39)41)34-20-22-52-44(28-34)38-16-8-10-18-50(38)58(52)36-13-5-2-6-14-36/h1-32H. The molecule has 5 heteroatoms. The predicted molar refractivity (Wildman–Crippen MR) is 244 cm³/mol. The molecule has 0 N–H and O–H groups in total. The Kier molecular flexibility index (Phi) is 6.66. The van der Waals surface area contributed by atoms with Crippen LogP contribution in [0.5, 0.6) is 0 Å². The molecule has 274 valence electrons. The molecule has 0 spiro atoms. The average molecular weight is 753 g/mol. The van der Waals surface area contributed by atoms with Crippen molar-refractivity contribution in [3.8, 4) is 33.6 Å². The highest BCUT2D eigenvalue weighted by Gasteiger charge is 2.21. The first kappa shape index (κ1) is 32.1. The summed E-state index contributed by atoms with van der Waals surface area (Å²) in [5, 5.41) is 11.2. The van der Waals surface area contributed by atoms with Crippen LogP contribution in [0.1, 0.15) is 0 Å². The van der Waals surface area contributed by atoms with E-state index in [1.165, 1.54) is 43.6 Å². The third-order valence-corrected chi connectivity index (χ3v) is 12.3. The molecule has 13 rings (SSSR count). The van der Waals surface area contributed by atoms with Crippen molar-refractivity contribution in [2.24, 2.45) is 0 Å². The summed E-state index contributed by atoms with van der Waals surface area (Å²) < 4.78 is 11.7. The highest BCUT2D eigenvalue weighted by Crippen LogP contribution is 2.46. The lowest BCUT2D eigenvalue weighted by atomic mass is 9.93. The maximum absolute atomic E-state index is 6.96. The number of benzene rings is 8. The molecule has 0 saturated heterocycles. The molecular weight excluding hydrogens is 721 g/mol. The molecule has 5 heterocycles. The number of hydrogen-bond donors (Lipinski definition) is 0. The molecule has 8 aromatic carbocycles. The zero-order valence-electron chi connectivity index (χ0n) is 31.7. The number of aromatic nitrogens is 4. The van der Waals surface area contributed by atoms with E-state index in [4.69, 9.17) is 4.42 Å². The molecular formula is C54H32N4O. The number of fused-ring (bicyclic) bond motifs is 13. The minimum atomic E-state index is 0.861. The summed E-state index contributed by atoms with van der Waals surface area (Å²) in [6.45, 7) is 0. The van der Waals surface area contributed by atoms with E-state index >= 15 is 0 Å². The molecule has 0 unspecified atom stereocenters. The van der Waals surface area contributed by atoms with Gasteiger partial charge in [-0.1, -0.05) is 84.9 Å². The van der Waals surface area contributed by atoms with Gasteiger partial charge in [0.2, 0.25) is 0 Å². The van der Waals surface area contributed by atoms with Crippen LogP contribution in [0.2, 0.25) is 0 Å². The van der Waals surface area contributed by atoms with E-state index in [2.05, 4.69) is 189 Å². The molecule has 0 saturated carbocycles. The van der Waals surface area contributed by atoms with Crippen molar-refractivity contribution in [1.29, 1.82) is 0 Å². The summed E-state index contributed by atoms with van der Waals surface area (Å²) in [5.41, 5.74) is 13.2. The normalized spacial score (nSPS) is 12.1. The average Bonchev–Trinajstić information content (AvgIpc) is 3.96. The van der Waals surface area contributed by atoms with Gasteiger partial charge in [-0.25, -0.2) is 0 Å². The Morgan fingerprint density at radius 2 is 0.746 bits per heavy atom. The molecule has 0 aliphatic heterocycles. The van der Waals surface area contributed by atoms with Crippen molar-refractivity contribution in [2.45, 2.75) is 0 Å². The predicted octanol–water partition coefficient (Wildman–Crippen LogP) is 14.2. The lowest BCUT2D eigenvalue weighted by Crippen LogP contribution is -1.93. The van der Waals surface area contributed by atoms with E-state index in [1.807, 2.05) is 24.8 Å². The Morgan fingerprint density at radius 3 is 1.22 bits per heavy atom. The summed E-state index contributed by atoms with van der Waals surface area (Å²) in [5.74, 6) is 0. The monoisotopic (exact) mass is 752 g/mol. The third-order valence-electron chi connectivity index (χ3n) is 12.3. The maximum Gasteiger partial charge on any atom is 0.143 e. The van der Waals surface area contributed by atoms with Crippen molar-refractivity contribution in [2.75, 3.05) is 0 Å². The molecule has 5 nitrogen and oxygen atoms in total. The fourth-order valence-electron chi connectivity index (χ4n) is 9.67. The highest BCUT2D eigenvalue weighted by molar-refractivity contribution is 6.25. The molecule has 0 aliphatic rings. The second kappa shape index (κ2) is 12.2. The number of nitrogens with zero attached hydrogens (tertiary/aromatic N) is 4. The number of pyridine rings is 2. The van der Waals surface area contributed by atoms with Gasteiger partial charge in [0, 0.05) is 90.0 Å². The van der Waals surface area contributed by atoms with Gasteiger partial charge in [-0.05, 0) is 107 Å². The van der Waals surface area contributed by atoms with E-state index < -0.39 is 0 Å². The molecule has 0 bridgehead atoms. The van der Waals surface area contributed by atoms with Crippen LogP contribution in [-0.2, 0) is 0 Å². The van der Waals surface area contributed by atoms with Gasteiger partial charge < -0.3 is 13.6 Å². The topological polar surface area (TPSA) is 48.8 Å². The Hall–Kier alpha value is -8.02. The van der Waals surface area contributed by atoms with Gasteiger partial charge >= 0.3 is 0 Å². The van der Waals surface area contributed by atoms with Crippen LogP contribution < -0.4 is 0 Å². The number of rotatable bonds is 4. The fourth-order valence-corrected chi connectivity index (χ4v) is 9.67. The van der Waals surface area contributed by atoms with Crippen LogP contribution in [0.4, 0.5) is 0 Å². The van der Waals surface area contributed by atoms with Gasteiger partial charge in [0.25, 0.3) is 0 Å². The van der Waals surface area contributed by atoms with Crippen LogP contribution in [-0.4, -0.2) is 19.1 Å². The molecule has 0 radical (unpaired) electrons. The van der Waals surface area contributed by atoms with Crippen LogP contribution in [0.3, 0.4) is 0 Å². The first-order valence-electron chi connectivity index (χ1n) is 20.0. The SMILES string of the molecule is c1ccc(-n2c3ccccc3c3cc(-c4cc5c6cc(-c7ccc8c(c7)c7ccccc7n8-c7ccccc7)c7cnccc7c6oc5c5ccncc45)ccc32)cc1. The van der Waals surface area contributed by atoms with Crippen molar-refractivity contribution in [1.82, 2.24) is 19.1 Å². The van der Waals surface area contributed by atoms with E-state index in [0.717, 1.165) is 77.1 Å². The molecule has 5 aromatic heterocycles. The zero-order valence-corrected chi connectivity index (χ0v) is 31.7. The summed E-state index contributed by atoms with van der Waals surface area (Å²) in [4.78, 5) is 9.26. The Labute approximate surface area is 337 Å². The van der Waals surface area contributed by atoms with Gasteiger partial charge in [0.1, 0.15) is 11.2 Å². The minimum Gasteiger partial charge on any atom is -0.455 e. The molecule has 0 amide bonds. The van der Waals surface area contributed by atoms with Gasteiger partial charge in [0.05, 0.1) is 22.1 Å². The van der Waals surface area contributed by atoms with Crippen LogP contribution >= 0.6 is 0 Å². The first-order chi connectivity index (χ1) is 29.3. The van der Waals surface area contributed by atoms with Crippen molar-refractivity contribution in [3.63, 3.8) is 0 Å². The van der Waals surface area contributed by atoms with Crippen LogP contribution in [0, 0.1) is 0 Å². The maximum atomic E-state index is 6.96. The first-order valence-corrected chi connectivity index (χ1v) is 20.0. The molecule has 13 aromatic rings. The quantitative estimate of drug-likeness (QED) is 0.180. The molecule has 0 fully saturated rings. The molecule has 59 heavy (non-hydrogen) atoms. The Morgan fingerprint density at radius 1 is 0.322 bits per heavy atom. The second-order valence-electron chi connectivity index (χ2n) is 15.4. The molecule has 0 atom stereocenters. The van der Waals surface area contributed by atoms with Crippen molar-refractivity contribution >= 4 is 87.1 Å². The van der Waals surface area contributed by atoms with E-state index in [1.54, 1.807) is 0 Å². The summed E-state index contributed by atoms with van der Waals surface area (Å²) in [6, 6.07) is 61.1. The zero-order chi connectivity index (χ0) is 38.6. The number of furan rings is 1. The lowest BCUT2D eigenvalue weighted by molar-refractivity contribution is 0.676. The van der Waals surface area contributed by atoms with Gasteiger partial charge in [-0.3, -0.25) is 9.97 Å². The Bertz CT molecular complexity index is 3590. The Balaban J connectivity index is 1.07. The second-order valence-corrected chi connectivity index (χ2v) is 15.4. The van der Waals surface area contributed by atoms with Crippen LogP contribution in [0.25, 0.3) is 121 Å².